The Hall–Kier alpha value is -2.15. The third kappa shape index (κ3) is 1.89. The first-order chi connectivity index (χ1) is 10.6. The van der Waals surface area contributed by atoms with Crippen molar-refractivity contribution in [2.45, 2.75) is 38.3 Å². The standard InChI is InChI=1S/C15H18N4O3/c1-8(7-22-2)18-6-10-13(15(18)21)16-12-5-11(9-3-4-9)17-19(12)14(10)20/h5,8-9,16H,3-4,6-7H2,1-2H3/t8-/m0/s1. The molecule has 1 atom stereocenters. The number of rotatable bonds is 4. The second-order valence-electron chi connectivity index (χ2n) is 6.16. The number of carbonyl (C=O) groups excluding carboxylic acids is 1. The Labute approximate surface area is 126 Å². The molecule has 1 amide bonds. The van der Waals surface area contributed by atoms with Gasteiger partial charge < -0.3 is 14.6 Å². The van der Waals surface area contributed by atoms with Crippen LogP contribution in [0.2, 0.25) is 0 Å². The number of amides is 1. The second-order valence-corrected chi connectivity index (χ2v) is 6.16. The van der Waals surface area contributed by atoms with Crippen molar-refractivity contribution in [3.05, 3.63) is 33.4 Å². The highest BCUT2D eigenvalue weighted by atomic mass is 16.5. The summed E-state index contributed by atoms with van der Waals surface area (Å²) in [5.41, 5.74) is 2.22. The van der Waals surface area contributed by atoms with Crippen molar-refractivity contribution in [1.82, 2.24) is 19.5 Å². The lowest BCUT2D eigenvalue weighted by Gasteiger charge is -2.22. The smallest absolute Gasteiger partial charge is 0.280 e. The molecule has 2 aliphatic rings. The molecule has 0 radical (unpaired) electrons. The monoisotopic (exact) mass is 302 g/mol. The van der Waals surface area contributed by atoms with Crippen LogP contribution in [0, 0.1) is 0 Å². The summed E-state index contributed by atoms with van der Waals surface area (Å²) >= 11 is 0. The van der Waals surface area contributed by atoms with E-state index in [1.54, 1.807) is 12.0 Å². The minimum Gasteiger partial charge on any atom is -0.383 e. The van der Waals surface area contributed by atoms with Gasteiger partial charge in [0.2, 0.25) is 0 Å². The molecule has 0 aromatic carbocycles. The molecule has 1 N–H and O–H groups in total. The summed E-state index contributed by atoms with van der Waals surface area (Å²) in [7, 11) is 1.60. The Morgan fingerprint density at radius 3 is 2.91 bits per heavy atom. The average Bonchev–Trinajstić information content (AvgIpc) is 3.17. The van der Waals surface area contributed by atoms with Gasteiger partial charge in [-0.05, 0) is 19.8 Å². The summed E-state index contributed by atoms with van der Waals surface area (Å²) in [5.74, 6) is 0.324. The lowest BCUT2D eigenvalue weighted by Crippen LogP contribution is -2.36. The number of carbonyl (C=O) groups is 1. The van der Waals surface area contributed by atoms with Gasteiger partial charge >= 0.3 is 0 Å². The molecule has 22 heavy (non-hydrogen) atoms. The third-order valence-electron chi connectivity index (χ3n) is 4.47. The van der Waals surface area contributed by atoms with Crippen LogP contribution >= 0.6 is 0 Å². The molecule has 116 valence electrons. The second kappa shape index (κ2) is 4.67. The van der Waals surface area contributed by atoms with E-state index in [4.69, 9.17) is 4.74 Å². The van der Waals surface area contributed by atoms with Crippen molar-refractivity contribution in [2.24, 2.45) is 0 Å². The van der Waals surface area contributed by atoms with E-state index < -0.39 is 0 Å². The van der Waals surface area contributed by atoms with Crippen LogP contribution in [0.4, 0.5) is 0 Å². The Morgan fingerprint density at radius 1 is 1.45 bits per heavy atom. The van der Waals surface area contributed by atoms with Crippen LogP contribution in [0.3, 0.4) is 0 Å². The number of fused-ring (bicyclic) bond motifs is 2. The largest absolute Gasteiger partial charge is 0.383 e. The van der Waals surface area contributed by atoms with Gasteiger partial charge in [0.05, 0.1) is 30.5 Å². The highest BCUT2D eigenvalue weighted by molar-refractivity contribution is 5.97. The molecule has 3 heterocycles. The molecule has 1 saturated carbocycles. The molecule has 7 heteroatoms. The van der Waals surface area contributed by atoms with Gasteiger partial charge in [-0.15, -0.1) is 0 Å². The van der Waals surface area contributed by atoms with Crippen LogP contribution in [0.15, 0.2) is 10.9 Å². The van der Waals surface area contributed by atoms with Gasteiger partial charge in [0.1, 0.15) is 11.3 Å². The quantitative estimate of drug-likeness (QED) is 0.909. The fourth-order valence-corrected chi connectivity index (χ4v) is 3.06. The molecule has 0 bridgehead atoms. The maximum Gasteiger partial charge on any atom is 0.280 e. The maximum atomic E-state index is 12.6. The van der Waals surface area contributed by atoms with Gasteiger partial charge in [-0.25, -0.2) is 0 Å². The van der Waals surface area contributed by atoms with Gasteiger partial charge in [0, 0.05) is 19.1 Å². The fourth-order valence-electron chi connectivity index (χ4n) is 3.06. The number of H-pyrrole nitrogens is 1. The number of hydrogen-bond donors (Lipinski definition) is 1. The van der Waals surface area contributed by atoms with E-state index in [1.807, 2.05) is 13.0 Å². The van der Waals surface area contributed by atoms with Crippen LogP contribution < -0.4 is 5.56 Å². The third-order valence-corrected chi connectivity index (χ3v) is 4.47. The van der Waals surface area contributed by atoms with Crippen LogP contribution in [-0.4, -0.2) is 45.2 Å². The molecule has 0 unspecified atom stereocenters. The number of aromatic amines is 1. The van der Waals surface area contributed by atoms with E-state index in [2.05, 4.69) is 10.1 Å². The Morgan fingerprint density at radius 2 is 2.23 bits per heavy atom. The van der Waals surface area contributed by atoms with Crippen molar-refractivity contribution in [2.75, 3.05) is 13.7 Å². The van der Waals surface area contributed by atoms with Crippen LogP contribution in [0.25, 0.3) is 5.65 Å². The van der Waals surface area contributed by atoms with E-state index in [0.29, 0.717) is 36.0 Å². The van der Waals surface area contributed by atoms with E-state index >= 15 is 0 Å². The molecule has 1 fully saturated rings. The summed E-state index contributed by atoms with van der Waals surface area (Å²) in [6, 6.07) is 1.81. The van der Waals surface area contributed by atoms with Crippen molar-refractivity contribution in [3.63, 3.8) is 0 Å². The lowest BCUT2D eigenvalue weighted by molar-refractivity contribution is 0.0584. The van der Waals surface area contributed by atoms with Crippen molar-refractivity contribution in [1.29, 1.82) is 0 Å². The van der Waals surface area contributed by atoms with Gasteiger partial charge in [-0.3, -0.25) is 9.59 Å². The zero-order chi connectivity index (χ0) is 15.4. The minimum atomic E-state index is -0.198. The molecule has 4 rings (SSSR count). The van der Waals surface area contributed by atoms with E-state index in [0.717, 1.165) is 18.5 Å². The summed E-state index contributed by atoms with van der Waals surface area (Å²) in [4.78, 5) is 29.9. The fraction of sp³-hybridized carbons (Fsp3) is 0.533. The summed E-state index contributed by atoms with van der Waals surface area (Å²) in [5, 5.41) is 4.40. The number of hydrogen-bond acceptors (Lipinski definition) is 4. The molecule has 7 nitrogen and oxygen atoms in total. The van der Waals surface area contributed by atoms with Gasteiger partial charge in [-0.1, -0.05) is 0 Å². The van der Waals surface area contributed by atoms with Crippen molar-refractivity contribution < 1.29 is 9.53 Å². The van der Waals surface area contributed by atoms with Crippen LogP contribution in [-0.2, 0) is 11.3 Å². The topological polar surface area (TPSA) is 79.7 Å². The molecule has 0 saturated heterocycles. The number of nitrogens with one attached hydrogen (secondary N) is 1. The first-order valence-corrected chi connectivity index (χ1v) is 7.55. The summed E-state index contributed by atoms with van der Waals surface area (Å²) in [6.45, 7) is 2.66. The Kier molecular flexibility index (Phi) is 2.87. The van der Waals surface area contributed by atoms with E-state index in [1.165, 1.54) is 4.52 Å². The van der Waals surface area contributed by atoms with Crippen LogP contribution in [0.5, 0.6) is 0 Å². The first-order valence-electron chi connectivity index (χ1n) is 7.55. The molecule has 0 spiro atoms. The summed E-state index contributed by atoms with van der Waals surface area (Å²) in [6.07, 6.45) is 2.25. The highest BCUT2D eigenvalue weighted by Crippen LogP contribution is 2.39. The normalized spacial score (nSPS) is 19.0. The van der Waals surface area contributed by atoms with E-state index in [9.17, 15) is 9.59 Å². The van der Waals surface area contributed by atoms with Gasteiger partial charge in [0.25, 0.3) is 11.5 Å². The predicted octanol–water partition coefficient (Wildman–Crippen LogP) is 0.891. The summed E-state index contributed by atoms with van der Waals surface area (Å²) < 4.78 is 6.50. The molecule has 1 aliphatic heterocycles. The average molecular weight is 302 g/mol. The molecule has 1 aliphatic carbocycles. The number of nitrogens with zero attached hydrogens (tertiary/aromatic N) is 3. The minimum absolute atomic E-state index is 0.0768. The molecular weight excluding hydrogens is 284 g/mol. The number of ether oxygens (including phenoxy) is 1. The van der Waals surface area contributed by atoms with Crippen molar-refractivity contribution in [3.8, 4) is 0 Å². The maximum absolute atomic E-state index is 12.6. The Balaban J connectivity index is 1.78. The zero-order valence-corrected chi connectivity index (χ0v) is 12.6. The number of aromatic nitrogens is 3. The predicted molar refractivity (Wildman–Crippen MR) is 79.0 cm³/mol. The highest BCUT2D eigenvalue weighted by Gasteiger charge is 2.35. The Bertz CT molecular complexity index is 818. The first kappa shape index (κ1) is 13.5. The van der Waals surface area contributed by atoms with Gasteiger partial charge in [0.15, 0.2) is 0 Å². The lowest BCUT2D eigenvalue weighted by atomic mass is 10.2. The van der Waals surface area contributed by atoms with E-state index in [-0.39, 0.29) is 17.5 Å². The number of methoxy groups -OCH3 is 1. The van der Waals surface area contributed by atoms with Gasteiger partial charge in [-0.2, -0.15) is 9.61 Å². The molecule has 2 aromatic heterocycles. The van der Waals surface area contributed by atoms with Crippen LogP contribution in [0.1, 0.15) is 47.4 Å². The zero-order valence-electron chi connectivity index (χ0n) is 12.6. The SMILES string of the molecule is COC[C@H](C)N1Cc2c([nH]c3cc(C4CC4)nn3c2=O)C1=O. The molecule has 2 aromatic rings. The molecular formula is C15H18N4O3. The van der Waals surface area contributed by atoms with Crippen molar-refractivity contribution >= 4 is 11.6 Å².